The summed E-state index contributed by atoms with van der Waals surface area (Å²) in [4.78, 5) is 35.4. The number of para-hydroxylation sites is 2. The van der Waals surface area contributed by atoms with Crippen molar-refractivity contribution in [2.45, 2.75) is 37.0 Å². The second kappa shape index (κ2) is 10.5. The lowest BCUT2D eigenvalue weighted by Crippen LogP contribution is -2.38. The van der Waals surface area contributed by atoms with Gasteiger partial charge in [-0.2, -0.15) is 4.31 Å². The highest BCUT2D eigenvalue weighted by Crippen LogP contribution is 2.31. The van der Waals surface area contributed by atoms with E-state index in [0.29, 0.717) is 38.2 Å². The Labute approximate surface area is 233 Å². The van der Waals surface area contributed by atoms with Gasteiger partial charge in [0, 0.05) is 43.3 Å². The zero-order valence-corrected chi connectivity index (χ0v) is 23.0. The van der Waals surface area contributed by atoms with Crippen molar-refractivity contribution in [3.05, 3.63) is 84.2 Å². The van der Waals surface area contributed by atoms with Gasteiger partial charge < -0.3 is 15.2 Å². The summed E-state index contributed by atoms with van der Waals surface area (Å²) in [6.07, 6.45) is 1.51. The molecule has 10 heteroatoms. The standard InChI is InChI=1S/C30H31N5O4S/c1-20-5-4-6-24(17-20)35-19-22(18-28(35)36)30(37)31-23-9-11-25(12-10-23)40(38,39)34-15-13-21(14-16-34)29-32-26-7-2-3-8-27(26)33-29/h2-12,17,21-22H,13-16,18-19H2,1H3,(H,31,37)(H,32,33). The highest BCUT2D eigenvalue weighted by molar-refractivity contribution is 7.89. The summed E-state index contributed by atoms with van der Waals surface area (Å²) in [5.74, 6) is 0.262. The fourth-order valence-corrected chi connectivity index (χ4v) is 7.04. The van der Waals surface area contributed by atoms with Crippen LogP contribution in [0.25, 0.3) is 11.0 Å². The number of hydrogen-bond donors (Lipinski definition) is 2. The number of rotatable bonds is 6. The third-order valence-electron chi connectivity index (χ3n) is 7.82. The Balaban J connectivity index is 1.06. The maximum Gasteiger partial charge on any atom is 0.243 e. The zero-order valence-electron chi connectivity index (χ0n) is 22.2. The van der Waals surface area contributed by atoms with Crippen molar-refractivity contribution < 1.29 is 18.0 Å². The van der Waals surface area contributed by atoms with Crippen LogP contribution in [0.3, 0.4) is 0 Å². The smallest absolute Gasteiger partial charge is 0.243 e. The third-order valence-corrected chi connectivity index (χ3v) is 9.73. The fourth-order valence-electron chi connectivity index (χ4n) is 5.57. The Morgan fingerprint density at radius 1 is 1.00 bits per heavy atom. The first-order valence-corrected chi connectivity index (χ1v) is 14.9. The van der Waals surface area contributed by atoms with Gasteiger partial charge in [0.25, 0.3) is 0 Å². The quantitative estimate of drug-likeness (QED) is 0.364. The maximum absolute atomic E-state index is 13.3. The molecule has 6 rings (SSSR count). The first-order chi connectivity index (χ1) is 19.3. The summed E-state index contributed by atoms with van der Waals surface area (Å²) < 4.78 is 28.2. The number of aryl methyl sites for hydroxylation is 1. The fraction of sp³-hybridized carbons (Fsp3) is 0.300. The minimum atomic E-state index is -3.66. The van der Waals surface area contributed by atoms with Gasteiger partial charge in [0.05, 0.1) is 21.8 Å². The van der Waals surface area contributed by atoms with E-state index >= 15 is 0 Å². The molecule has 0 aliphatic carbocycles. The van der Waals surface area contributed by atoms with Crippen LogP contribution in [-0.2, 0) is 19.6 Å². The zero-order chi connectivity index (χ0) is 27.9. The van der Waals surface area contributed by atoms with Gasteiger partial charge >= 0.3 is 0 Å². The van der Waals surface area contributed by atoms with Crippen molar-refractivity contribution in [1.82, 2.24) is 14.3 Å². The molecule has 0 bridgehead atoms. The average molecular weight is 558 g/mol. The summed E-state index contributed by atoms with van der Waals surface area (Å²) in [5, 5.41) is 2.84. The molecule has 0 spiro atoms. The van der Waals surface area contributed by atoms with Gasteiger partial charge in [-0.05, 0) is 73.9 Å². The lowest BCUT2D eigenvalue weighted by molar-refractivity contribution is -0.122. The summed E-state index contributed by atoms with van der Waals surface area (Å²) >= 11 is 0. The number of anilines is 2. The summed E-state index contributed by atoms with van der Waals surface area (Å²) in [7, 11) is -3.66. The number of benzene rings is 3. The van der Waals surface area contributed by atoms with E-state index in [2.05, 4.69) is 10.3 Å². The monoisotopic (exact) mass is 557 g/mol. The van der Waals surface area contributed by atoms with E-state index < -0.39 is 15.9 Å². The van der Waals surface area contributed by atoms with Gasteiger partial charge in [-0.15, -0.1) is 0 Å². The number of carbonyl (C=O) groups excluding carboxylic acids is 2. The SMILES string of the molecule is Cc1cccc(N2CC(C(=O)Nc3ccc(S(=O)(=O)N4CCC(c5nc6ccccc6[nH]5)CC4)cc3)CC2=O)c1. The Bertz CT molecular complexity index is 1640. The number of fused-ring (bicyclic) bond motifs is 1. The van der Waals surface area contributed by atoms with Gasteiger partial charge in [0.2, 0.25) is 21.8 Å². The lowest BCUT2D eigenvalue weighted by Gasteiger charge is -2.30. The Morgan fingerprint density at radius 3 is 2.48 bits per heavy atom. The normalized spacial score (nSPS) is 18.9. The predicted octanol–water partition coefficient (Wildman–Crippen LogP) is 4.43. The summed E-state index contributed by atoms with van der Waals surface area (Å²) in [6.45, 7) is 3.10. The number of carbonyl (C=O) groups is 2. The molecule has 3 aromatic carbocycles. The van der Waals surface area contributed by atoms with Gasteiger partial charge in [-0.25, -0.2) is 13.4 Å². The van der Waals surface area contributed by atoms with E-state index in [0.717, 1.165) is 28.1 Å². The number of sulfonamides is 1. The molecular formula is C30H31N5O4S. The number of nitrogens with one attached hydrogen (secondary N) is 2. The van der Waals surface area contributed by atoms with Crippen LogP contribution in [-0.4, -0.2) is 54.1 Å². The van der Waals surface area contributed by atoms with Crippen LogP contribution in [0.15, 0.2) is 77.7 Å². The van der Waals surface area contributed by atoms with Crippen LogP contribution in [0, 0.1) is 12.8 Å². The molecule has 0 radical (unpaired) electrons. The van der Waals surface area contributed by atoms with Crippen LogP contribution in [0.5, 0.6) is 0 Å². The number of hydrogen-bond acceptors (Lipinski definition) is 5. The molecule has 1 unspecified atom stereocenters. The largest absolute Gasteiger partial charge is 0.342 e. The average Bonchev–Trinajstić information content (AvgIpc) is 3.57. The van der Waals surface area contributed by atoms with E-state index in [4.69, 9.17) is 4.98 Å². The minimum absolute atomic E-state index is 0.0868. The van der Waals surface area contributed by atoms with Crippen LogP contribution in [0.2, 0.25) is 0 Å². The van der Waals surface area contributed by atoms with Crippen molar-refractivity contribution in [2.24, 2.45) is 5.92 Å². The van der Waals surface area contributed by atoms with Crippen molar-refractivity contribution in [3.8, 4) is 0 Å². The number of H-pyrrole nitrogens is 1. The first kappa shape index (κ1) is 26.2. The van der Waals surface area contributed by atoms with Crippen molar-refractivity contribution in [3.63, 3.8) is 0 Å². The number of imidazole rings is 1. The first-order valence-electron chi connectivity index (χ1n) is 13.5. The van der Waals surface area contributed by atoms with Crippen molar-refractivity contribution >= 4 is 44.2 Å². The van der Waals surface area contributed by atoms with Crippen LogP contribution >= 0.6 is 0 Å². The van der Waals surface area contributed by atoms with Gasteiger partial charge in [0.1, 0.15) is 5.82 Å². The molecule has 2 saturated heterocycles. The number of aromatic nitrogens is 2. The molecule has 2 fully saturated rings. The van der Waals surface area contributed by atoms with E-state index in [1.54, 1.807) is 17.0 Å². The Kier molecular flexibility index (Phi) is 6.89. The molecule has 1 atom stereocenters. The Morgan fingerprint density at radius 2 is 1.75 bits per heavy atom. The molecule has 0 saturated carbocycles. The number of amides is 2. The van der Waals surface area contributed by atoms with Crippen molar-refractivity contribution in [1.29, 1.82) is 0 Å². The summed E-state index contributed by atoms with van der Waals surface area (Å²) in [6, 6.07) is 21.8. The highest BCUT2D eigenvalue weighted by Gasteiger charge is 2.35. The van der Waals surface area contributed by atoms with Gasteiger partial charge in [0.15, 0.2) is 0 Å². The van der Waals surface area contributed by atoms with Gasteiger partial charge in [-0.1, -0.05) is 24.3 Å². The molecule has 2 N–H and O–H groups in total. The number of nitrogens with zero attached hydrogens (tertiary/aromatic N) is 3. The highest BCUT2D eigenvalue weighted by atomic mass is 32.2. The molecule has 2 aliphatic heterocycles. The second-order valence-electron chi connectivity index (χ2n) is 10.6. The predicted molar refractivity (Wildman–Crippen MR) is 154 cm³/mol. The minimum Gasteiger partial charge on any atom is -0.342 e. The molecule has 9 nitrogen and oxygen atoms in total. The van der Waals surface area contributed by atoms with Crippen LogP contribution < -0.4 is 10.2 Å². The summed E-state index contributed by atoms with van der Waals surface area (Å²) in [5.41, 5.74) is 4.24. The van der Waals surface area contributed by atoms with E-state index in [-0.39, 0.29) is 29.0 Å². The van der Waals surface area contributed by atoms with E-state index in [9.17, 15) is 18.0 Å². The third kappa shape index (κ3) is 5.12. The maximum atomic E-state index is 13.3. The molecule has 2 amide bonds. The second-order valence-corrected chi connectivity index (χ2v) is 12.5. The molecular weight excluding hydrogens is 526 g/mol. The van der Waals surface area contributed by atoms with Crippen LogP contribution in [0.4, 0.5) is 11.4 Å². The molecule has 206 valence electrons. The Hall–Kier alpha value is -4.02. The number of piperidine rings is 1. The molecule has 1 aromatic heterocycles. The molecule has 4 aromatic rings. The number of aromatic amines is 1. The molecule has 40 heavy (non-hydrogen) atoms. The molecule has 2 aliphatic rings. The topological polar surface area (TPSA) is 115 Å². The van der Waals surface area contributed by atoms with Crippen LogP contribution in [0.1, 0.15) is 36.6 Å². The lowest BCUT2D eigenvalue weighted by atomic mass is 9.97. The van der Waals surface area contributed by atoms with E-state index in [1.165, 1.54) is 16.4 Å². The van der Waals surface area contributed by atoms with Gasteiger partial charge in [-0.3, -0.25) is 9.59 Å². The van der Waals surface area contributed by atoms with Crippen molar-refractivity contribution in [2.75, 3.05) is 29.9 Å². The van der Waals surface area contributed by atoms with E-state index in [1.807, 2.05) is 55.5 Å². The molecule has 3 heterocycles.